The van der Waals surface area contributed by atoms with Crippen LogP contribution in [-0.2, 0) is 4.74 Å². The van der Waals surface area contributed by atoms with Crippen molar-refractivity contribution in [2.24, 2.45) is 17.6 Å². The Balaban J connectivity index is 1.79. The number of nitrogen functional groups attached to an aromatic ring is 1. The standard InChI is InChI=1S/C20H29N5O3/c1-11-9-23(10-13(11)8-17(21)28-3)16-7-6-15-18(12(16)2)24(14-4-5-14)20(27)25(22)19(15)26/h6-7,11,13-14,17H,4-5,8-10,21-22H2,1-3H3/t11-,13+,17-/m1/s1. The monoisotopic (exact) mass is 387 g/mol. The van der Waals surface area contributed by atoms with E-state index in [0.29, 0.717) is 17.2 Å². The highest BCUT2D eigenvalue weighted by Gasteiger charge is 2.33. The lowest BCUT2D eigenvalue weighted by molar-refractivity contribution is 0.0828. The van der Waals surface area contributed by atoms with Gasteiger partial charge in [-0.1, -0.05) is 6.92 Å². The van der Waals surface area contributed by atoms with Crippen LogP contribution in [-0.4, -0.2) is 35.7 Å². The first-order valence-corrected chi connectivity index (χ1v) is 9.92. The number of aryl methyl sites for hydroxylation is 1. The maximum absolute atomic E-state index is 12.7. The van der Waals surface area contributed by atoms with Crippen LogP contribution in [0.5, 0.6) is 0 Å². The predicted molar refractivity (Wildman–Crippen MR) is 110 cm³/mol. The lowest BCUT2D eigenvalue weighted by Crippen LogP contribution is -2.44. The van der Waals surface area contributed by atoms with Crippen LogP contribution in [0.25, 0.3) is 10.9 Å². The van der Waals surface area contributed by atoms with E-state index in [1.807, 2.05) is 13.0 Å². The molecule has 0 spiro atoms. The van der Waals surface area contributed by atoms with Crippen LogP contribution in [0, 0.1) is 18.8 Å². The Kier molecular flexibility index (Phi) is 4.71. The van der Waals surface area contributed by atoms with E-state index in [2.05, 4.69) is 11.8 Å². The number of benzene rings is 1. The minimum atomic E-state index is -0.440. The summed E-state index contributed by atoms with van der Waals surface area (Å²) in [5.41, 5.74) is 7.86. The summed E-state index contributed by atoms with van der Waals surface area (Å²) in [6.45, 7) is 6.02. The van der Waals surface area contributed by atoms with Crippen molar-refractivity contribution in [1.82, 2.24) is 9.24 Å². The molecule has 0 bridgehead atoms. The maximum Gasteiger partial charge on any atom is 0.350 e. The average Bonchev–Trinajstić information content (AvgIpc) is 3.44. The molecule has 8 nitrogen and oxygen atoms in total. The number of nitrogens with two attached hydrogens (primary N) is 2. The van der Waals surface area contributed by atoms with Gasteiger partial charge in [0.15, 0.2) is 0 Å². The van der Waals surface area contributed by atoms with Crippen molar-refractivity contribution in [3.63, 3.8) is 0 Å². The largest absolute Gasteiger partial charge is 0.371 e. The molecule has 2 heterocycles. The van der Waals surface area contributed by atoms with E-state index in [4.69, 9.17) is 16.3 Å². The minimum Gasteiger partial charge on any atom is -0.371 e. The summed E-state index contributed by atoms with van der Waals surface area (Å²) in [4.78, 5) is 27.6. The molecule has 0 amide bonds. The molecule has 0 unspecified atom stereocenters. The molecule has 2 aliphatic rings. The SMILES string of the molecule is CO[C@@H](N)C[C@H]1CN(c2ccc3c(=O)n(N)c(=O)n(C4CC4)c3c2C)C[C@H]1C. The zero-order valence-corrected chi connectivity index (χ0v) is 16.7. The van der Waals surface area contributed by atoms with Crippen molar-refractivity contribution in [2.75, 3.05) is 30.9 Å². The molecular weight excluding hydrogens is 358 g/mol. The van der Waals surface area contributed by atoms with Gasteiger partial charge in [0.05, 0.1) is 10.9 Å². The molecule has 1 aromatic heterocycles. The Labute approximate surface area is 163 Å². The molecule has 8 heteroatoms. The summed E-state index contributed by atoms with van der Waals surface area (Å²) < 4.78 is 7.69. The fraction of sp³-hybridized carbons (Fsp3) is 0.600. The van der Waals surface area contributed by atoms with Gasteiger partial charge >= 0.3 is 5.69 Å². The Bertz CT molecular complexity index is 1020. The molecule has 28 heavy (non-hydrogen) atoms. The van der Waals surface area contributed by atoms with E-state index < -0.39 is 11.2 Å². The summed E-state index contributed by atoms with van der Waals surface area (Å²) >= 11 is 0. The van der Waals surface area contributed by atoms with E-state index in [1.54, 1.807) is 17.7 Å². The summed E-state index contributed by atoms with van der Waals surface area (Å²) in [5.74, 6) is 6.68. The number of aromatic nitrogens is 2. The molecule has 2 aromatic rings. The van der Waals surface area contributed by atoms with Crippen molar-refractivity contribution in [3.05, 3.63) is 38.5 Å². The number of methoxy groups -OCH3 is 1. The lowest BCUT2D eigenvalue weighted by Gasteiger charge is -2.24. The summed E-state index contributed by atoms with van der Waals surface area (Å²) in [6, 6.07) is 3.91. The van der Waals surface area contributed by atoms with Crippen LogP contribution in [0.4, 0.5) is 5.69 Å². The molecule has 152 valence electrons. The Hall–Kier alpha value is -2.32. The Morgan fingerprint density at radius 1 is 1.25 bits per heavy atom. The number of nitrogens with zero attached hydrogens (tertiary/aromatic N) is 3. The van der Waals surface area contributed by atoms with Gasteiger partial charge < -0.3 is 21.2 Å². The quantitative estimate of drug-likeness (QED) is 0.583. The van der Waals surface area contributed by atoms with E-state index in [0.717, 1.165) is 53.8 Å². The normalized spacial score (nSPS) is 23.5. The van der Waals surface area contributed by atoms with E-state index in [9.17, 15) is 9.59 Å². The second-order valence-corrected chi connectivity index (χ2v) is 8.32. The summed E-state index contributed by atoms with van der Waals surface area (Å²) in [5, 5.41) is 0.500. The van der Waals surface area contributed by atoms with Gasteiger partial charge in [-0.15, -0.1) is 0 Å². The summed E-state index contributed by atoms with van der Waals surface area (Å²) in [6.07, 6.45) is 2.43. The number of ether oxygens (including phenoxy) is 1. The third-order valence-electron chi connectivity index (χ3n) is 6.36. The van der Waals surface area contributed by atoms with Gasteiger partial charge in [-0.25, -0.2) is 4.79 Å². The molecule has 1 saturated heterocycles. The number of hydrogen-bond acceptors (Lipinski definition) is 6. The van der Waals surface area contributed by atoms with Gasteiger partial charge in [-0.05, 0) is 55.7 Å². The second kappa shape index (κ2) is 6.93. The second-order valence-electron chi connectivity index (χ2n) is 8.32. The number of anilines is 1. The lowest BCUT2D eigenvalue weighted by atomic mass is 9.94. The number of rotatable bonds is 5. The van der Waals surface area contributed by atoms with Crippen molar-refractivity contribution in [2.45, 2.75) is 45.4 Å². The van der Waals surface area contributed by atoms with Crippen LogP contribution in [0.2, 0.25) is 0 Å². The van der Waals surface area contributed by atoms with Gasteiger partial charge in [0.1, 0.15) is 6.23 Å². The first kappa shape index (κ1) is 19.0. The van der Waals surface area contributed by atoms with Crippen molar-refractivity contribution >= 4 is 16.6 Å². The average molecular weight is 387 g/mol. The summed E-state index contributed by atoms with van der Waals surface area (Å²) in [7, 11) is 1.64. The molecule has 1 aromatic carbocycles. The molecule has 1 aliphatic carbocycles. The van der Waals surface area contributed by atoms with Crippen LogP contribution in [0.15, 0.2) is 21.7 Å². The van der Waals surface area contributed by atoms with Crippen LogP contribution in [0.1, 0.15) is 37.8 Å². The molecule has 3 atom stereocenters. The molecule has 0 radical (unpaired) electrons. The minimum absolute atomic E-state index is 0.129. The predicted octanol–water partition coefficient (Wildman–Crippen LogP) is 0.914. The highest BCUT2D eigenvalue weighted by atomic mass is 16.5. The zero-order chi connectivity index (χ0) is 20.2. The van der Waals surface area contributed by atoms with Gasteiger partial charge in [-0.2, -0.15) is 4.68 Å². The van der Waals surface area contributed by atoms with E-state index >= 15 is 0 Å². The molecule has 2 fully saturated rings. The van der Waals surface area contributed by atoms with Crippen LogP contribution in [0.3, 0.4) is 0 Å². The van der Waals surface area contributed by atoms with Gasteiger partial charge in [0.25, 0.3) is 5.56 Å². The number of fused-ring (bicyclic) bond motifs is 1. The topological polar surface area (TPSA) is 109 Å². The van der Waals surface area contributed by atoms with Gasteiger partial charge in [0.2, 0.25) is 0 Å². The smallest absolute Gasteiger partial charge is 0.350 e. The molecule has 1 saturated carbocycles. The molecular formula is C20H29N5O3. The molecule has 4 N–H and O–H groups in total. The van der Waals surface area contributed by atoms with Crippen molar-refractivity contribution in [1.29, 1.82) is 0 Å². The maximum atomic E-state index is 12.7. The molecule has 1 aliphatic heterocycles. The Morgan fingerprint density at radius 3 is 2.61 bits per heavy atom. The fourth-order valence-electron chi connectivity index (χ4n) is 4.55. The third-order valence-corrected chi connectivity index (χ3v) is 6.36. The third kappa shape index (κ3) is 3.00. The van der Waals surface area contributed by atoms with Crippen LogP contribution < -0.4 is 27.7 Å². The first-order chi connectivity index (χ1) is 13.3. The van der Waals surface area contributed by atoms with Gasteiger partial charge in [0, 0.05) is 31.9 Å². The van der Waals surface area contributed by atoms with Crippen molar-refractivity contribution in [3.8, 4) is 0 Å². The van der Waals surface area contributed by atoms with E-state index in [-0.39, 0.29) is 12.3 Å². The first-order valence-electron chi connectivity index (χ1n) is 9.92. The number of hydrogen-bond donors (Lipinski definition) is 2. The highest BCUT2D eigenvalue weighted by Crippen LogP contribution is 2.39. The fourth-order valence-corrected chi connectivity index (χ4v) is 4.55. The Morgan fingerprint density at radius 2 is 1.96 bits per heavy atom. The van der Waals surface area contributed by atoms with Crippen molar-refractivity contribution < 1.29 is 4.74 Å². The highest BCUT2D eigenvalue weighted by molar-refractivity contribution is 5.87. The van der Waals surface area contributed by atoms with E-state index in [1.165, 1.54) is 0 Å². The van der Waals surface area contributed by atoms with Crippen LogP contribution >= 0.6 is 0 Å². The van der Waals surface area contributed by atoms with Gasteiger partial charge in [-0.3, -0.25) is 9.36 Å². The zero-order valence-electron chi connectivity index (χ0n) is 16.7. The molecule has 4 rings (SSSR count).